The molecule has 0 saturated carbocycles. The molecule has 4 rings (SSSR count). The number of phenols is 1. The number of carbonyl (C=O) groups is 2. The van der Waals surface area contributed by atoms with E-state index < -0.39 is 6.09 Å². The number of pyridine rings is 1. The number of piperazine rings is 1. The number of aromatic hydroxyl groups is 1. The lowest BCUT2D eigenvalue weighted by Crippen LogP contribution is -2.55. The summed E-state index contributed by atoms with van der Waals surface area (Å²) in [6.07, 6.45) is -0.972. The molecule has 31 heavy (non-hydrogen) atoms. The van der Waals surface area contributed by atoms with E-state index in [1.54, 1.807) is 41.3 Å². The molecule has 0 radical (unpaired) electrons. The number of halogens is 1. The molecule has 1 aliphatic rings. The molecule has 1 unspecified atom stereocenters. The molecule has 0 bridgehead atoms. The van der Waals surface area contributed by atoms with Gasteiger partial charge in [0, 0.05) is 42.2 Å². The molecule has 0 spiro atoms. The number of aryl methyl sites for hydroxylation is 1. The Labute approximate surface area is 184 Å². The van der Waals surface area contributed by atoms with Crippen molar-refractivity contribution in [1.29, 1.82) is 0 Å². The molecule has 2 aromatic carbocycles. The van der Waals surface area contributed by atoms with Crippen LogP contribution in [0.15, 0.2) is 42.5 Å². The van der Waals surface area contributed by atoms with Crippen LogP contribution in [0, 0.1) is 6.92 Å². The number of carboxylic acid groups (broad SMARTS) is 1. The van der Waals surface area contributed by atoms with E-state index in [-0.39, 0.29) is 30.8 Å². The monoisotopic (exact) mass is 439 g/mol. The highest BCUT2D eigenvalue weighted by Gasteiger charge is 2.30. The maximum absolute atomic E-state index is 13.1. The van der Waals surface area contributed by atoms with Gasteiger partial charge in [0.1, 0.15) is 5.75 Å². The van der Waals surface area contributed by atoms with Gasteiger partial charge in [-0.2, -0.15) is 0 Å². The second kappa shape index (κ2) is 8.07. The molecule has 7 nitrogen and oxygen atoms in total. The fourth-order valence-corrected chi connectivity index (χ4v) is 4.14. The molecule has 1 atom stereocenters. The molecule has 1 fully saturated rings. The van der Waals surface area contributed by atoms with Gasteiger partial charge >= 0.3 is 6.09 Å². The summed E-state index contributed by atoms with van der Waals surface area (Å²) in [5.41, 5.74) is 3.26. The first kappa shape index (κ1) is 20.9. The van der Waals surface area contributed by atoms with Crippen molar-refractivity contribution in [2.75, 3.05) is 19.6 Å². The van der Waals surface area contributed by atoms with Gasteiger partial charge in [-0.3, -0.25) is 4.79 Å². The molecule has 1 aliphatic heterocycles. The summed E-state index contributed by atoms with van der Waals surface area (Å²) < 4.78 is 0. The van der Waals surface area contributed by atoms with Crippen molar-refractivity contribution in [3.05, 3.63) is 58.6 Å². The first-order valence-corrected chi connectivity index (χ1v) is 10.3. The van der Waals surface area contributed by atoms with Crippen LogP contribution in [0.25, 0.3) is 22.2 Å². The van der Waals surface area contributed by atoms with Crippen LogP contribution in [0.5, 0.6) is 5.75 Å². The predicted molar refractivity (Wildman–Crippen MR) is 119 cm³/mol. The fraction of sp³-hybridized carbons (Fsp3) is 0.261. The third-order valence-corrected chi connectivity index (χ3v) is 5.97. The van der Waals surface area contributed by atoms with E-state index in [0.717, 1.165) is 16.5 Å². The van der Waals surface area contributed by atoms with Crippen LogP contribution in [-0.4, -0.2) is 62.7 Å². The molecule has 8 heteroatoms. The Morgan fingerprint density at radius 2 is 1.90 bits per heavy atom. The van der Waals surface area contributed by atoms with Crippen LogP contribution in [0.3, 0.4) is 0 Å². The summed E-state index contributed by atoms with van der Waals surface area (Å²) in [6.45, 7) is 4.56. The van der Waals surface area contributed by atoms with Crippen LogP contribution < -0.4 is 0 Å². The maximum Gasteiger partial charge on any atom is 0.407 e. The molecule has 0 aliphatic carbocycles. The van der Waals surface area contributed by atoms with E-state index in [9.17, 15) is 19.8 Å². The average Bonchev–Trinajstić information content (AvgIpc) is 2.74. The van der Waals surface area contributed by atoms with Crippen LogP contribution in [0.1, 0.15) is 22.8 Å². The molecule has 160 valence electrons. The SMILES string of the molecule is Cc1cc(-c2cc(Cl)c3ccc(C(=O)N4CCN(C(=O)O)CC4C)cc3n2)ccc1O. The minimum atomic E-state index is -0.972. The van der Waals surface area contributed by atoms with Gasteiger partial charge in [0.15, 0.2) is 0 Å². The first-order chi connectivity index (χ1) is 14.7. The smallest absolute Gasteiger partial charge is 0.407 e. The van der Waals surface area contributed by atoms with E-state index in [4.69, 9.17) is 16.6 Å². The highest BCUT2D eigenvalue weighted by molar-refractivity contribution is 6.35. The maximum atomic E-state index is 13.1. The Hall–Kier alpha value is -3.32. The van der Waals surface area contributed by atoms with Gasteiger partial charge in [-0.05, 0) is 55.8 Å². The lowest BCUT2D eigenvalue weighted by molar-refractivity contribution is 0.0484. The van der Waals surface area contributed by atoms with Crippen LogP contribution in [0.4, 0.5) is 4.79 Å². The van der Waals surface area contributed by atoms with Gasteiger partial charge in [-0.15, -0.1) is 0 Å². The molecule has 1 saturated heterocycles. The Kier molecular flexibility index (Phi) is 5.45. The van der Waals surface area contributed by atoms with Gasteiger partial charge in [-0.25, -0.2) is 9.78 Å². The number of nitrogens with zero attached hydrogens (tertiary/aromatic N) is 3. The zero-order chi connectivity index (χ0) is 22.3. The summed E-state index contributed by atoms with van der Waals surface area (Å²) in [4.78, 5) is 32.0. The largest absolute Gasteiger partial charge is 0.508 e. The summed E-state index contributed by atoms with van der Waals surface area (Å²) in [6, 6.07) is 12.0. The zero-order valence-electron chi connectivity index (χ0n) is 17.2. The number of amides is 2. The average molecular weight is 440 g/mol. The third-order valence-electron chi connectivity index (χ3n) is 5.66. The molecular weight excluding hydrogens is 418 g/mol. The molecule has 2 amide bonds. The first-order valence-electron chi connectivity index (χ1n) is 9.93. The number of phenolic OH excluding ortho intramolecular Hbond substituents is 1. The van der Waals surface area contributed by atoms with Gasteiger partial charge in [0.05, 0.1) is 16.2 Å². The number of carbonyl (C=O) groups excluding carboxylic acids is 1. The molecule has 2 heterocycles. The Bertz CT molecular complexity index is 1200. The Morgan fingerprint density at radius 3 is 2.58 bits per heavy atom. The topological polar surface area (TPSA) is 94.0 Å². The Morgan fingerprint density at radius 1 is 1.13 bits per heavy atom. The predicted octanol–water partition coefficient (Wildman–Crippen LogP) is 4.39. The van der Waals surface area contributed by atoms with E-state index in [1.807, 2.05) is 19.9 Å². The molecule has 2 N–H and O–H groups in total. The van der Waals surface area contributed by atoms with Gasteiger partial charge in [0.25, 0.3) is 5.91 Å². The number of rotatable bonds is 2. The van der Waals surface area contributed by atoms with Crippen molar-refractivity contribution >= 4 is 34.5 Å². The van der Waals surface area contributed by atoms with E-state index in [2.05, 4.69) is 0 Å². The highest BCUT2D eigenvalue weighted by Crippen LogP contribution is 2.31. The van der Waals surface area contributed by atoms with Crippen molar-refractivity contribution < 1.29 is 19.8 Å². The van der Waals surface area contributed by atoms with Crippen molar-refractivity contribution in [2.45, 2.75) is 19.9 Å². The summed E-state index contributed by atoms with van der Waals surface area (Å²) in [7, 11) is 0. The highest BCUT2D eigenvalue weighted by atomic mass is 35.5. The van der Waals surface area contributed by atoms with Gasteiger partial charge in [-0.1, -0.05) is 17.7 Å². The number of hydrogen-bond acceptors (Lipinski definition) is 4. The number of aromatic nitrogens is 1. The number of fused-ring (bicyclic) bond motifs is 1. The van der Waals surface area contributed by atoms with E-state index in [1.165, 1.54) is 4.90 Å². The van der Waals surface area contributed by atoms with Crippen LogP contribution in [-0.2, 0) is 0 Å². The second-order valence-corrected chi connectivity index (χ2v) is 8.21. The van der Waals surface area contributed by atoms with E-state index >= 15 is 0 Å². The lowest BCUT2D eigenvalue weighted by Gasteiger charge is -2.38. The fourth-order valence-electron chi connectivity index (χ4n) is 3.88. The quantitative estimate of drug-likeness (QED) is 0.617. The minimum absolute atomic E-state index is 0.164. The van der Waals surface area contributed by atoms with Gasteiger partial charge < -0.3 is 20.0 Å². The lowest BCUT2D eigenvalue weighted by atomic mass is 10.0. The number of benzene rings is 2. The van der Waals surface area contributed by atoms with Crippen molar-refractivity contribution in [1.82, 2.24) is 14.8 Å². The summed E-state index contributed by atoms with van der Waals surface area (Å²) in [5.74, 6) is 0.0453. The van der Waals surface area contributed by atoms with Crippen molar-refractivity contribution in [2.24, 2.45) is 0 Å². The number of hydrogen-bond donors (Lipinski definition) is 2. The minimum Gasteiger partial charge on any atom is -0.508 e. The molecule has 3 aromatic rings. The van der Waals surface area contributed by atoms with Crippen molar-refractivity contribution in [3.8, 4) is 17.0 Å². The zero-order valence-corrected chi connectivity index (χ0v) is 17.9. The van der Waals surface area contributed by atoms with Crippen molar-refractivity contribution in [3.63, 3.8) is 0 Å². The second-order valence-electron chi connectivity index (χ2n) is 7.80. The molecule has 1 aromatic heterocycles. The molecular formula is C23H22ClN3O4. The summed E-state index contributed by atoms with van der Waals surface area (Å²) >= 11 is 6.49. The van der Waals surface area contributed by atoms with Gasteiger partial charge in [0.2, 0.25) is 0 Å². The third kappa shape index (κ3) is 4.01. The van der Waals surface area contributed by atoms with Crippen LogP contribution in [0.2, 0.25) is 5.02 Å². The normalized spacial score (nSPS) is 16.5. The van der Waals surface area contributed by atoms with E-state index in [0.29, 0.717) is 28.3 Å². The standard InChI is InChI=1S/C23H22ClN3O4/c1-13-9-15(4-6-21(13)28)19-11-18(24)17-5-3-16(10-20(17)25-19)22(29)27-8-7-26(23(30)31)12-14(27)2/h3-6,9-11,14,28H,7-8,12H2,1-2H3,(H,30,31). The van der Waals surface area contributed by atoms with Crippen LogP contribution >= 0.6 is 11.6 Å². The Balaban J connectivity index is 1.67. The summed E-state index contributed by atoms with van der Waals surface area (Å²) in [5, 5.41) is 20.2.